The Balaban J connectivity index is 2.19. The summed E-state index contributed by atoms with van der Waals surface area (Å²) in [4.78, 5) is 6.91. The van der Waals surface area contributed by atoms with Gasteiger partial charge in [0.1, 0.15) is 6.04 Å². The first-order valence-electron chi connectivity index (χ1n) is 6.00. The van der Waals surface area contributed by atoms with Crippen molar-refractivity contribution in [1.82, 2.24) is 9.88 Å². The van der Waals surface area contributed by atoms with Crippen molar-refractivity contribution in [2.45, 2.75) is 12.5 Å². The van der Waals surface area contributed by atoms with Crippen LogP contribution in [0.5, 0.6) is 0 Å². The highest BCUT2D eigenvalue weighted by Gasteiger charge is 2.29. The van der Waals surface area contributed by atoms with Gasteiger partial charge in [-0.05, 0) is 47.9 Å². The molecule has 1 unspecified atom stereocenters. The molecule has 0 bridgehead atoms. The molecule has 1 aliphatic rings. The van der Waals surface area contributed by atoms with Gasteiger partial charge in [-0.1, -0.05) is 0 Å². The highest BCUT2D eigenvalue weighted by Crippen LogP contribution is 2.22. The average molecular weight is 328 g/mol. The lowest BCUT2D eigenvalue weighted by Crippen LogP contribution is -2.43. The van der Waals surface area contributed by atoms with E-state index in [1.165, 1.54) is 0 Å². The van der Waals surface area contributed by atoms with Crippen LogP contribution in [0, 0.1) is 0 Å². The number of likely N-dealkylation sites (tertiary alicyclic amines) is 1. The van der Waals surface area contributed by atoms with Crippen LogP contribution in [0.2, 0.25) is 5.15 Å². The number of nitrogens with zero attached hydrogens (tertiary/aromatic N) is 3. The molecule has 0 aliphatic carbocycles. The van der Waals surface area contributed by atoms with Gasteiger partial charge in [0.2, 0.25) is 4.60 Å². The van der Waals surface area contributed by atoms with Gasteiger partial charge in [0, 0.05) is 35.4 Å². The lowest BCUT2D eigenvalue weighted by Gasteiger charge is -2.12. The van der Waals surface area contributed by atoms with Gasteiger partial charge in [-0.2, -0.15) is 0 Å². The molecule has 94 valence electrons. The number of likely N-dealkylation sites (N-methyl/N-ethyl adjacent to an activating group) is 1. The summed E-state index contributed by atoms with van der Waals surface area (Å²) in [6.45, 7) is 2.13. The second-order valence-electron chi connectivity index (χ2n) is 4.78. The standard InChI is InChI=1S/C13H14BrClN3/c1-17-7-6-10(8-17)18-12(15)5-3-9-2-4-11(14)16-13(9)18/h2-5,10H,6-8H2,1H3/q+1. The van der Waals surface area contributed by atoms with Crippen molar-refractivity contribution >= 4 is 38.6 Å². The van der Waals surface area contributed by atoms with Crippen molar-refractivity contribution in [2.24, 2.45) is 0 Å². The van der Waals surface area contributed by atoms with Crippen molar-refractivity contribution in [3.8, 4) is 0 Å². The molecule has 2 aromatic rings. The number of rotatable bonds is 1. The third kappa shape index (κ3) is 2.13. The Hall–Kier alpha value is -0.710. The molecular formula is C13H14BrClN3+. The van der Waals surface area contributed by atoms with E-state index in [4.69, 9.17) is 11.6 Å². The van der Waals surface area contributed by atoms with E-state index in [-0.39, 0.29) is 0 Å². The first-order valence-corrected chi connectivity index (χ1v) is 7.17. The van der Waals surface area contributed by atoms with Crippen LogP contribution in [0.15, 0.2) is 28.9 Å². The molecule has 1 saturated heterocycles. The smallest absolute Gasteiger partial charge is 0.302 e. The zero-order valence-electron chi connectivity index (χ0n) is 10.1. The molecule has 3 heterocycles. The van der Waals surface area contributed by atoms with Gasteiger partial charge in [0.15, 0.2) is 5.15 Å². The van der Waals surface area contributed by atoms with Gasteiger partial charge in [0.25, 0.3) is 0 Å². The Morgan fingerprint density at radius 1 is 1.39 bits per heavy atom. The van der Waals surface area contributed by atoms with Crippen LogP contribution >= 0.6 is 27.5 Å². The number of pyridine rings is 2. The van der Waals surface area contributed by atoms with Gasteiger partial charge in [-0.25, -0.2) is 4.57 Å². The lowest BCUT2D eigenvalue weighted by molar-refractivity contribution is -0.694. The molecule has 1 atom stereocenters. The molecule has 0 radical (unpaired) electrons. The molecule has 1 fully saturated rings. The van der Waals surface area contributed by atoms with Crippen LogP contribution in [0.1, 0.15) is 12.5 Å². The number of fused-ring (bicyclic) bond motifs is 1. The fourth-order valence-electron chi connectivity index (χ4n) is 2.57. The van der Waals surface area contributed by atoms with Crippen LogP contribution < -0.4 is 4.57 Å². The minimum absolute atomic E-state index is 0.410. The minimum Gasteiger partial charge on any atom is -0.302 e. The first kappa shape index (κ1) is 12.3. The Bertz CT molecular complexity index is 597. The third-order valence-corrected chi connectivity index (χ3v) is 4.21. The van der Waals surface area contributed by atoms with Crippen molar-refractivity contribution in [1.29, 1.82) is 0 Å². The number of hydrogen-bond acceptors (Lipinski definition) is 2. The Morgan fingerprint density at radius 2 is 2.17 bits per heavy atom. The Morgan fingerprint density at radius 3 is 2.89 bits per heavy atom. The number of aromatic nitrogens is 2. The zero-order valence-corrected chi connectivity index (χ0v) is 12.4. The molecule has 0 N–H and O–H groups in total. The molecule has 18 heavy (non-hydrogen) atoms. The van der Waals surface area contributed by atoms with E-state index < -0.39 is 0 Å². The summed E-state index contributed by atoms with van der Waals surface area (Å²) in [6.07, 6.45) is 1.12. The number of halogens is 2. The predicted molar refractivity (Wildman–Crippen MR) is 75.8 cm³/mol. The second kappa shape index (κ2) is 4.76. The molecule has 5 heteroatoms. The highest BCUT2D eigenvalue weighted by atomic mass is 79.9. The zero-order chi connectivity index (χ0) is 12.7. The van der Waals surface area contributed by atoms with E-state index in [9.17, 15) is 0 Å². The lowest BCUT2D eigenvalue weighted by atomic mass is 10.2. The van der Waals surface area contributed by atoms with Crippen molar-refractivity contribution in [3.05, 3.63) is 34.0 Å². The summed E-state index contributed by atoms with van der Waals surface area (Å²) >= 11 is 9.81. The monoisotopic (exact) mass is 326 g/mol. The molecule has 1 aliphatic heterocycles. The fraction of sp³-hybridized carbons (Fsp3) is 0.385. The molecule has 0 amide bonds. The summed E-state index contributed by atoms with van der Waals surface area (Å²) in [7, 11) is 2.14. The maximum absolute atomic E-state index is 6.37. The van der Waals surface area contributed by atoms with E-state index in [0.717, 1.165) is 40.3 Å². The summed E-state index contributed by atoms with van der Waals surface area (Å²) < 4.78 is 3.00. The van der Waals surface area contributed by atoms with Crippen molar-refractivity contribution in [3.63, 3.8) is 0 Å². The van der Waals surface area contributed by atoms with Gasteiger partial charge < -0.3 is 4.90 Å². The maximum Gasteiger partial charge on any atom is 0.333 e. The summed E-state index contributed by atoms with van der Waals surface area (Å²) in [6, 6.07) is 8.41. The SMILES string of the molecule is CN1CCC([n+]2c(Cl)ccc3ccc(Br)nc32)C1. The molecular weight excluding hydrogens is 314 g/mol. The maximum atomic E-state index is 6.37. The van der Waals surface area contributed by atoms with Gasteiger partial charge in [-0.3, -0.25) is 0 Å². The molecule has 3 rings (SSSR count). The van der Waals surface area contributed by atoms with Crippen molar-refractivity contribution < 1.29 is 4.57 Å². The molecule has 0 saturated carbocycles. The van der Waals surface area contributed by atoms with Gasteiger partial charge in [0.05, 0.1) is 5.39 Å². The van der Waals surface area contributed by atoms with E-state index in [2.05, 4.69) is 43.5 Å². The van der Waals surface area contributed by atoms with Gasteiger partial charge in [-0.15, -0.1) is 0 Å². The van der Waals surface area contributed by atoms with Crippen LogP contribution in [-0.4, -0.2) is 30.0 Å². The van der Waals surface area contributed by atoms with Crippen LogP contribution in [0.3, 0.4) is 0 Å². The number of hydrogen-bond donors (Lipinski definition) is 0. The van der Waals surface area contributed by atoms with Crippen LogP contribution in [-0.2, 0) is 0 Å². The average Bonchev–Trinajstić information content (AvgIpc) is 2.75. The first-order chi connectivity index (χ1) is 8.65. The second-order valence-corrected chi connectivity index (χ2v) is 5.98. The molecule has 0 aromatic carbocycles. The van der Waals surface area contributed by atoms with Crippen LogP contribution in [0.25, 0.3) is 11.0 Å². The Kier molecular flexibility index (Phi) is 3.26. The normalized spacial score (nSPS) is 20.7. The van der Waals surface area contributed by atoms with E-state index >= 15 is 0 Å². The summed E-state index contributed by atoms with van der Waals surface area (Å²) in [5.41, 5.74) is 0.956. The Labute approximate surface area is 120 Å². The summed E-state index contributed by atoms with van der Waals surface area (Å²) in [5.74, 6) is 0. The predicted octanol–water partition coefficient (Wildman–Crippen LogP) is 2.81. The summed E-state index contributed by atoms with van der Waals surface area (Å²) in [5, 5.41) is 1.88. The molecule has 3 nitrogen and oxygen atoms in total. The third-order valence-electron chi connectivity index (χ3n) is 3.46. The molecule has 0 spiro atoms. The topological polar surface area (TPSA) is 20.0 Å². The van der Waals surface area contributed by atoms with Crippen LogP contribution in [0.4, 0.5) is 0 Å². The van der Waals surface area contributed by atoms with E-state index in [1.807, 2.05) is 18.2 Å². The molecule has 2 aromatic heterocycles. The fourth-order valence-corrected chi connectivity index (χ4v) is 3.15. The minimum atomic E-state index is 0.410. The van der Waals surface area contributed by atoms with Gasteiger partial charge >= 0.3 is 5.65 Å². The van der Waals surface area contributed by atoms with Crippen molar-refractivity contribution in [2.75, 3.05) is 20.1 Å². The quantitative estimate of drug-likeness (QED) is 0.593. The highest BCUT2D eigenvalue weighted by molar-refractivity contribution is 9.10. The largest absolute Gasteiger partial charge is 0.333 e. The van der Waals surface area contributed by atoms with E-state index in [1.54, 1.807) is 0 Å². The van der Waals surface area contributed by atoms with E-state index in [0.29, 0.717) is 6.04 Å².